The first-order valence-corrected chi connectivity index (χ1v) is 6.37. The third kappa shape index (κ3) is 5.63. The number of benzene rings is 1. The molecule has 7 heteroatoms. The molecule has 0 saturated carbocycles. The summed E-state index contributed by atoms with van der Waals surface area (Å²) in [7, 11) is 0. The summed E-state index contributed by atoms with van der Waals surface area (Å²) in [5.41, 5.74) is -0.876. The topological polar surface area (TPSA) is 58.6 Å². The Labute approximate surface area is 120 Å². The van der Waals surface area contributed by atoms with Crippen LogP contribution in [-0.4, -0.2) is 29.5 Å². The summed E-state index contributed by atoms with van der Waals surface area (Å²) in [5, 5.41) is 12.5. The van der Waals surface area contributed by atoms with Crippen molar-refractivity contribution in [2.24, 2.45) is 5.92 Å². The van der Waals surface area contributed by atoms with Crippen molar-refractivity contribution < 1.29 is 27.8 Å². The maximum atomic E-state index is 12.0. The lowest BCUT2D eigenvalue weighted by Gasteiger charge is -2.27. The van der Waals surface area contributed by atoms with Crippen LogP contribution in [-0.2, 0) is 0 Å². The molecular weight excluding hydrogens is 287 g/mol. The number of amides is 1. The van der Waals surface area contributed by atoms with Gasteiger partial charge in [0.2, 0.25) is 0 Å². The number of carbonyl (C=O) groups excluding carboxylic acids is 1. The van der Waals surface area contributed by atoms with E-state index >= 15 is 0 Å². The van der Waals surface area contributed by atoms with E-state index in [0.29, 0.717) is 0 Å². The quantitative estimate of drug-likeness (QED) is 0.879. The van der Waals surface area contributed by atoms with Crippen LogP contribution < -0.4 is 10.1 Å². The van der Waals surface area contributed by atoms with E-state index in [2.05, 4.69) is 10.1 Å². The van der Waals surface area contributed by atoms with Gasteiger partial charge in [-0.25, -0.2) is 0 Å². The molecule has 0 spiro atoms. The van der Waals surface area contributed by atoms with Crippen molar-refractivity contribution in [2.75, 3.05) is 6.54 Å². The van der Waals surface area contributed by atoms with Crippen molar-refractivity contribution in [2.45, 2.75) is 32.7 Å². The molecule has 1 atom stereocenters. The molecule has 0 aliphatic carbocycles. The zero-order valence-corrected chi connectivity index (χ0v) is 12.0. The molecular formula is C14H18F3NO3. The van der Waals surface area contributed by atoms with Crippen LogP contribution in [0, 0.1) is 5.92 Å². The molecule has 0 bridgehead atoms. The summed E-state index contributed by atoms with van der Waals surface area (Å²) in [6, 6.07) is 4.56. The molecule has 0 aliphatic rings. The maximum absolute atomic E-state index is 12.0. The fourth-order valence-electron chi connectivity index (χ4n) is 1.37. The van der Waals surface area contributed by atoms with Crippen molar-refractivity contribution >= 4 is 5.91 Å². The predicted octanol–water partition coefficient (Wildman–Crippen LogP) is 2.72. The fourth-order valence-corrected chi connectivity index (χ4v) is 1.37. The molecule has 0 saturated heterocycles. The lowest BCUT2D eigenvalue weighted by atomic mass is 9.92. The largest absolute Gasteiger partial charge is 0.573 e. The van der Waals surface area contributed by atoms with Crippen LogP contribution in [0.2, 0.25) is 0 Å². The van der Waals surface area contributed by atoms with E-state index in [1.165, 1.54) is 12.1 Å². The molecule has 118 valence electrons. The molecule has 1 aromatic carbocycles. The smallest absolute Gasteiger partial charge is 0.406 e. The average Bonchev–Trinajstić information content (AvgIpc) is 2.35. The minimum Gasteiger partial charge on any atom is -0.406 e. The second kappa shape index (κ2) is 6.34. The van der Waals surface area contributed by atoms with Gasteiger partial charge in [-0.1, -0.05) is 13.8 Å². The Morgan fingerprint density at radius 1 is 1.29 bits per heavy atom. The van der Waals surface area contributed by atoms with Gasteiger partial charge in [-0.05, 0) is 37.1 Å². The summed E-state index contributed by atoms with van der Waals surface area (Å²) in [4.78, 5) is 11.8. The average molecular weight is 305 g/mol. The third-order valence-corrected chi connectivity index (χ3v) is 3.20. The Kier molecular flexibility index (Phi) is 5.22. The maximum Gasteiger partial charge on any atom is 0.573 e. The molecule has 21 heavy (non-hydrogen) atoms. The number of ether oxygens (including phenoxy) is 1. The zero-order chi connectivity index (χ0) is 16.3. The van der Waals surface area contributed by atoms with Crippen LogP contribution in [0.1, 0.15) is 31.1 Å². The van der Waals surface area contributed by atoms with E-state index < -0.39 is 23.6 Å². The number of hydrogen-bond acceptors (Lipinski definition) is 3. The molecule has 0 aromatic heterocycles. The van der Waals surface area contributed by atoms with Crippen molar-refractivity contribution in [1.82, 2.24) is 5.32 Å². The molecule has 4 nitrogen and oxygen atoms in total. The van der Waals surface area contributed by atoms with Gasteiger partial charge < -0.3 is 15.2 Å². The number of nitrogens with one attached hydrogen (secondary N) is 1. The molecule has 1 aromatic rings. The first kappa shape index (κ1) is 17.3. The SMILES string of the molecule is CC(C)C(C)(O)CNC(=O)c1ccc(OC(F)(F)F)cc1. The highest BCUT2D eigenvalue weighted by Crippen LogP contribution is 2.22. The molecule has 0 heterocycles. The summed E-state index contributed by atoms with van der Waals surface area (Å²) < 4.78 is 39.7. The monoisotopic (exact) mass is 305 g/mol. The number of halogens is 3. The Morgan fingerprint density at radius 3 is 2.24 bits per heavy atom. The number of rotatable bonds is 5. The van der Waals surface area contributed by atoms with Gasteiger partial charge in [0.25, 0.3) is 5.91 Å². The number of aliphatic hydroxyl groups is 1. The van der Waals surface area contributed by atoms with E-state index in [1.807, 2.05) is 13.8 Å². The van der Waals surface area contributed by atoms with Gasteiger partial charge >= 0.3 is 6.36 Å². The van der Waals surface area contributed by atoms with E-state index in [1.54, 1.807) is 6.92 Å². The van der Waals surface area contributed by atoms with Gasteiger partial charge in [0.1, 0.15) is 5.75 Å². The Hall–Kier alpha value is -1.76. The predicted molar refractivity (Wildman–Crippen MR) is 70.9 cm³/mol. The van der Waals surface area contributed by atoms with Gasteiger partial charge in [0, 0.05) is 12.1 Å². The van der Waals surface area contributed by atoms with Crippen molar-refractivity contribution in [3.05, 3.63) is 29.8 Å². The van der Waals surface area contributed by atoms with Gasteiger partial charge in [-0.15, -0.1) is 13.2 Å². The highest BCUT2D eigenvalue weighted by molar-refractivity contribution is 5.94. The van der Waals surface area contributed by atoms with Crippen LogP contribution in [0.5, 0.6) is 5.75 Å². The summed E-state index contributed by atoms with van der Waals surface area (Å²) >= 11 is 0. The first-order chi connectivity index (χ1) is 9.51. The normalized spacial score (nSPS) is 14.7. The highest BCUT2D eigenvalue weighted by atomic mass is 19.4. The molecule has 1 amide bonds. The van der Waals surface area contributed by atoms with Crippen molar-refractivity contribution in [3.8, 4) is 5.75 Å². The Morgan fingerprint density at radius 2 is 1.81 bits per heavy atom. The lowest BCUT2D eigenvalue weighted by Crippen LogP contribution is -2.44. The molecule has 0 fully saturated rings. The summed E-state index contributed by atoms with van der Waals surface area (Å²) in [6.07, 6.45) is -4.76. The zero-order valence-electron chi connectivity index (χ0n) is 12.0. The van der Waals surface area contributed by atoms with E-state index in [4.69, 9.17) is 0 Å². The van der Waals surface area contributed by atoms with Crippen LogP contribution in [0.25, 0.3) is 0 Å². The number of carbonyl (C=O) groups is 1. The van der Waals surface area contributed by atoms with Gasteiger partial charge in [0.05, 0.1) is 5.60 Å². The minimum absolute atomic E-state index is 0.0459. The second-order valence-corrected chi connectivity index (χ2v) is 5.27. The minimum atomic E-state index is -4.76. The highest BCUT2D eigenvalue weighted by Gasteiger charge is 2.31. The van der Waals surface area contributed by atoms with Gasteiger partial charge in [-0.3, -0.25) is 4.79 Å². The van der Waals surface area contributed by atoms with Crippen molar-refractivity contribution in [3.63, 3.8) is 0 Å². The number of hydrogen-bond donors (Lipinski definition) is 2. The van der Waals surface area contributed by atoms with Crippen molar-refractivity contribution in [1.29, 1.82) is 0 Å². The fraction of sp³-hybridized carbons (Fsp3) is 0.500. The molecule has 2 N–H and O–H groups in total. The second-order valence-electron chi connectivity index (χ2n) is 5.27. The van der Waals surface area contributed by atoms with E-state index in [9.17, 15) is 23.1 Å². The van der Waals surface area contributed by atoms with E-state index in [0.717, 1.165) is 12.1 Å². The Balaban J connectivity index is 2.64. The van der Waals surface area contributed by atoms with Crippen LogP contribution in [0.4, 0.5) is 13.2 Å². The lowest BCUT2D eigenvalue weighted by molar-refractivity contribution is -0.274. The van der Waals surface area contributed by atoms with Gasteiger partial charge in [-0.2, -0.15) is 0 Å². The first-order valence-electron chi connectivity index (χ1n) is 6.37. The molecule has 1 unspecified atom stereocenters. The Bertz CT molecular complexity index is 481. The third-order valence-electron chi connectivity index (χ3n) is 3.20. The van der Waals surface area contributed by atoms with Gasteiger partial charge in [0.15, 0.2) is 0 Å². The molecule has 0 aliphatic heterocycles. The summed E-state index contributed by atoms with van der Waals surface area (Å²) in [5.74, 6) is -0.928. The number of alkyl halides is 3. The van der Waals surface area contributed by atoms with Crippen LogP contribution >= 0.6 is 0 Å². The summed E-state index contributed by atoms with van der Waals surface area (Å²) in [6.45, 7) is 5.27. The molecule has 1 rings (SSSR count). The van der Waals surface area contributed by atoms with E-state index in [-0.39, 0.29) is 18.0 Å². The molecule has 0 radical (unpaired) electrons. The van der Waals surface area contributed by atoms with Crippen LogP contribution in [0.3, 0.4) is 0 Å². The van der Waals surface area contributed by atoms with Crippen LogP contribution in [0.15, 0.2) is 24.3 Å². The standard InChI is InChI=1S/C14H18F3NO3/c1-9(2)13(3,20)8-18-12(19)10-4-6-11(7-5-10)21-14(15,16)17/h4-7,9,20H,8H2,1-3H3,(H,18,19).